The van der Waals surface area contributed by atoms with Crippen molar-refractivity contribution in [3.63, 3.8) is 0 Å². The van der Waals surface area contributed by atoms with E-state index in [4.69, 9.17) is 4.42 Å². The second-order valence-corrected chi connectivity index (χ2v) is 10.8. The number of benzene rings is 2. The van der Waals surface area contributed by atoms with Crippen LogP contribution in [0, 0.1) is 11.7 Å². The number of halogens is 4. The summed E-state index contributed by atoms with van der Waals surface area (Å²) in [7, 11) is 1.45. The van der Waals surface area contributed by atoms with Crippen LogP contribution in [0.3, 0.4) is 0 Å². The van der Waals surface area contributed by atoms with E-state index in [2.05, 4.69) is 15.6 Å². The predicted octanol–water partition coefficient (Wildman–Crippen LogP) is 6.29. The number of aliphatic hydroxyl groups is 1. The van der Waals surface area contributed by atoms with Crippen LogP contribution in [-0.2, 0) is 6.42 Å². The van der Waals surface area contributed by atoms with Gasteiger partial charge in [-0.3, -0.25) is 10.1 Å². The standard InChI is InChI=1S/C30H27F4N3O3/c1-35-27(39)24-22-12-21(18-3-2-4-19(11-18)26(38)37-29-13-16(14-29)15-29)23(9-10-30(32,33)34)36-28(22)40-25(24)17-5-7-20(31)8-6-17/h2-8,11-12,16,26,37-38H,9-10,13-15H2,1H3,(H,35,39). The molecule has 2 aromatic carbocycles. The highest BCUT2D eigenvalue weighted by molar-refractivity contribution is 6.11. The topological polar surface area (TPSA) is 87.4 Å². The molecule has 7 rings (SSSR count). The molecule has 0 aliphatic heterocycles. The van der Waals surface area contributed by atoms with Gasteiger partial charge in [-0.2, -0.15) is 13.2 Å². The lowest BCUT2D eigenvalue weighted by atomic mass is 9.50. The second-order valence-electron chi connectivity index (χ2n) is 10.8. The number of hydrogen-bond acceptors (Lipinski definition) is 5. The molecule has 3 aliphatic rings. The number of alkyl halides is 3. The summed E-state index contributed by atoms with van der Waals surface area (Å²) < 4.78 is 59.3. The average Bonchev–Trinajstić information content (AvgIpc) is 3.26. The van der Waals surface area contributed by atoms with Crippen molar-refractivity contribution in [1.29, 1.82) is 0 Å². The van der Waals surface area contributed by atoms with E-state index in [-0.39, 0.29) is 28.3 Å². The molecule has 6 nitrogen and oxygen atoms in total. The maximum atomic E-state index is 13.6. The first-order valence-electron chi connectivity index (χ1n) is 13.1. The molecular weight excluding hydrogens is 526 g/mol. The fraction of sp³-hybridized carbons (Fsp3) is 0.333. The summed E-state index contributed by atoms with van der Waals surface area (Å²) in [4.78, 5) is 17.5. The van der Waals surface area contributed by atoms with E-state index in [0.29, 0.717) is 27.6 Å². The fourth-order valence-corrected chi connectivity index (χ4v) is 5.82. The van der Waals surface area contributed by atoms with Crippen LogP contribution in [0.5, 0.6) is 0 Å². The monoisotopic (exact) mass is 553 g/mol. The first kappa shape index (κ1) is 26.5. The molecule has 0 saturated heterocycles. The number of hydrogen-bond donors (Lipinski definition) is 3. The maximum Gasteiger partial charge on any atom is 0.389 e. The van der Waals surface area contributed by atoms with Gasteiger partial charge in [-0.25, -0.2) is 9.37 Å². The van der Waals surface area contributed by atoms with E-state index in [1.165, 1.54) is 31.3 Å². The summed E-state index contributed by atoms with van der Waals surface area (Å²) in [5.74, 6) is -0.0976. The van der Waals surface area contributed by atoms with Crippen molar-refractivity contribution in [3.8, 4) is 22.5 Å². The largest absolute Gasteiger partial charge is 0.437 e. The number of nitrogens with zero attached hydrogens (tertiary/aromatic N) is 1. The van der Waals surface area contributed by atoms with Gasteiger partial charge in [0.25, 0.3) is 5.91 Å². The number of fused-ring (bicyclic) bond motifs is 1. The Hall–Kier alpha value is -3.76. The number of aliphatic hydroxyl groups excluding tert-OH is 1. The minimum absolute atomic E-state index is 0.000302. The predicted molar refractivity (Wildman–Crippen MR) is 141 cm³/mol. The lowest BCUT2D eigenvalue weighted by molar-refractivity contribution is -0.134. The molecular formula is C30H27F4N3O3. The van der Waals surface area contributed by atoms with E-state index in [1.54, 1.807) is 30.3 Å². The molecule has 3 N–H and O–H groups in total. The molecule has 2 bridgehead atoms. The minimum Gasteiger partial charge on any atom is -0.437 e. The number of aryl methyl sites for hydroxylation is 1. The van der Waals surface area contributed by atoms with Gasteiger partial charge in [0.15, 0.2) is 0 Å². The molecule has 2 aromatic heterocycles. The maximum absolute atomic E-state index is 13.6. The van der Waals surface area contributed by atoms with Gasteiger partial charge in [0.2, 0.25) is 5.71 Å². The molecule has 3 aliphatic carbocycles. The number of pyridine rings is 1. The normalized spacial score (nSPS) is 20.6. The number of rotatable bonds is 8. The first-order valence-corrected chi connectivity index (χ1v) is 13.1. The van der Waals surface area contributed by atoms with Gasteiger partial charge in [0, 0.05) is 30.1 Å². The Morgan fingerprint density at radius 2 is 1.85 bits per heavy atom. The van der Waals surface area contributed by atoms with E-state index >= 15 is 0 Å². The zero-order chi connectivity index (χ0) is 28.2. The van der Waals surface area contributed by atoms with Crippen molar-refractivity contribution in [1.82, 2.24) is 15.6 Å². The van der Waals surface area contributed by atoms with Gasteiger partial charge in [0.05, 0.1) is 16.6 Å². The van der Waals surface area contributed by atoms with Crippen molar-refractivity contribution < 1.29 is 31.9 Å². The molecule has 208 valence electrons. The average molecular weight is 554 g/mol. The zero-order valence-electron chi connectivity index (χ0n) is 21.6. The van der Waals surface area contributed by atoms with E-state index in [1.807, 2.05) is 0 Å². The Labute approximate surface area is 227 Å². The van der Waals surface area contributed by atoms with Crippen LogP contribution < -0.4 is 10.6 Å². The van der Waals surface area contributed by atoms with Crippen LogP contribution in [-0.4, -0.2) is 34.8 Å². The first-order chi connectivity index (χ1) is 19.0. The zero-order valence-corrected chi connectivity index (χ0v) is 21.6. The summed E-state index contributed by atoms with van der Waals surface area (Å²) in [5, 5.41) is 17.1. The van der Waals surface area contributed by atoms with Crippen LogP contribution in [0.2, 0.25) is 0 Å². The van der Waals surface area contributed by atoms with Crippen molar-refractivity contribution in [2.24, 2.45) is 5.92 Å². The van der Waals surface area contributed by atoms with E-state index in [9.17, 15) is 27.5 Å². The summed E-state index contributed by atoms with van der Waals surface area (Å²) in [5.41, 5.74) is 2.20. The molecule has 1 atom stereocenters. The molecule has 2 heterocycles. The summed E-state index contributed by atoms with van der Waals surface area (Å²) in [6, 6.07) is 13.9. The third-order valence-electron chi connectivity index (χ3n) is 7.96. The van der Waals surface area contributed by atoms with Crippen LogP contribution in [0.1, 0.15) is 53.5 Å². The SMILES string of the molecule is CNC(=O)c1c(-c2ccc(F)cc2)oc2nc(CCC(F)(F)F)c(-c3cccc(C(O)NC45CC(C4)C5)c3)cc12. The van der Waals surface area contributed by atoms with Gasteiger partial charge in [-0.05, 0) is 79.1 Å². The number of carbonyl (C=O) groups is 1. The van der Waals surface area contributed by atoms with Crippen LogP contribution in [0.25, 0.3) is 33.6 Å². The van der Waals surface area contributed by atoms with E-state index in [0.717, 1.165) is 25.2 Å². The highest BCUT2D eigenvalue weighted by Gasteiger charge is 2.57. The Balaban J connectivity index is 1.47. The number of nitrogens with one attached hydrogen (secondary N) is 2. The molecule has 1 amide bonds. The Kier molecular flexibility index (Phi) is 6.42. The lowest BCUT2D eigenvalue weighted by Crippen LogP contribution is -2.67. The number of carbonyl (C=O) groups excluding carboxylic acids is 1. The molecule has 10 heteroatoms. The Morgan fingerprint density at radius 3 is 2.48 bits per heavy atom. The van der Waals surface area contributed by atoms with Gasteiger partial charge in [-0.1, -0.05) is 18.2 Å². The van der Waals surface area contributed by atoms with Gasteiger partial charge < -0.3 is 14.8 Å². The highest BCUT2D eigenvalue weighted by Crippen LogP contribution is 2.57. The fourth-order valence-electron chi connectivity index (χ4n) is 5.82. The van der Waals surface area contributed by atoms with E-state index < -0.39 is 37.0 Å². The highest BCUT2D eigenvalue weighted by atomic mass is 19.4. The molecule has 0 radical (unpaired) electrons. The molecule has 40 heavy (non-hydrogen) atoms. The van der Waals surface area contributed by atoms with Crippen LogP contribution in [0.4, 0.5) is 17.6 Å². The molecule has 4 aromatic rings. The molecule has 0 spiro atoms. The van der Waals surface area contributed by atoms with Crippen molar-refractivity contribution in [2.45, 2.75) is 50.0 Å². The quantitative estimate of drug-likeness (QED) is 0.176. The van der Waals surface area contributed by atoms with Gasteiger partial charge in [-0.15, -0.1) is 0 Å². The van der Waals surface area contributed by atoms with Crippen molar-refractivity contribution in [3.05, 3.63) is 77.2 Å². The number of amides is 1. The third kappa shape index (κ3) is 4.86. The number of aromatic nitrogens is 1. The molecule has 3 fully saturated rings. The van der Waals surface area contributed by atoms with Gasteiger partial charge in [0.1, 0.15) is 17.8 Å². The van der Waals surface area contributed by atoms with Gasteiger partial charge >= 0.3 is 6.18 Å². The third-order valence-corrected chi connectivity index (χ3v) is 7.96. The summed E-state index contributed by atoms with van der Waals surface area (Å²) in [6.07, 6.45) is -3.75. The smallest absolute Gasteiger partial charge is 0.389 e. The van der Waals surface area contributed by atoms with Crippen LogP contribution >= 0.6 is 0 Å². The van der Waals surface area contributed by atoms with Crippen molar-refractivity contribution in [2.75, 3.05) is 7.05 Å². The lowest BCUT2D eigenvalue weighted by Gasteiger charge is -2.62. The second kappa shape index (κ2) is 9.71. The van der Waals surface area contributed by atoms with Crippen LogP contribution in [0.15, 0.2) is 59.0 Å². The Bertz CT molecular complexity index is 1580. The van der Waals surface area contributed by atoms with Crippen molar-refractivity contribution >= 4 is 17.0 Å². The minimum atomic E-state index is -4.41. The molecule has 3 saturated carbocycles. The number of furan rings is 1. The summed E-state index contributed by atoms with van der Waals surface area (Å²) in [6.45, 7) is 0. The summed E-state index contributed by atoms with van der Waals surface area (Å²) >= 11 is 0. The Morgan fingerprint density at radius 1 is 1.12 bits per heavy atom. The molecule has 1 unspecified atom stereocenters.